The van der Waals surface area contributed by atoms with Crippen molar-refractivity contribution in [1.29, 1.82) is 0 Å². The van der Waals surface area contributed by atoms with Crippen molar-refractivity contribution >= 4 is 5.97 Å². The van der Waals surface area contributed by atoms with Crippen LogP contribution in [0.5, 0.6) is 0 Å². The Balaban J connectivity index is 2.43. The number of carboxylic acids is 1. The predicted molar refractivity (Wildman–Crippen MR) is 60.8 cm³/mol. The summed E-state index contributed by atoms with van der Waals surface area (Å²) in [4.78, 5) is 26.3. The van der Waals surface area contributed by atoms with Crippen molar-refractivity contribution in [2.75, 3.05) is 0 Å². The van der Waals surface area contributed by atoms with Crippen molar-refractivity contribution in [2.24, 2.45) is 12.8 Å². The summed E-state index contributed by atoms with van der Waals surface area (Å²) in [5.41, 5.74) is 5.10. The number of carbonyl (C=O) groups is 1. The number of nitrogens with two attached hydrogens (primary N) is 1. The predicted octanol–water partition coefficient (Wildman–Crippen LogP) is -0.677. The maximum atomic E-state index is 11.6. The van der Waals surface area contributed by atoms with E-state index >= 15 is 0 Å². The Morgan fingerprint density at radius 1 is 1.72 bits per heavy atom. The lowest BCUT2D eigenvalue weighted by Crippen LogP contribution is -2.33. The zero-order valence-corrected chi connectivity index (χ0v) is 9.58. The molecule has 0 aliphatic carbocycles. The molecule has 0 radical (unpaired) electrons. The van der Waals surface area contributed by atoms with Crippen molar-refractivity contribution in [1.82, 2.24) is 14.7 Å². The van der Waals surface area contributed by atoms with E-state index in [1.165, 1.54) is 0 Å². The number of aliphatic carboxylic acids is 1. The molecule has 8 heteroatoms. The highest BCUT2D eigenvalue weighted by Crippen LogP contribution is 2.19. The van der Waals surface area contributed by atoms with Crippen LogP contribution in [0.1, 0.15) is 5.56 Å². The second-order valence-electron chi connectivity index (χ2n) is 3.85. The maximum Gasteiger partial charge on any atom is 0.320 e. The Morgan fingerprint density at radius 3 is 3.00 bits per heavy atom. The van der Waals surface area contributed by atoms with E-state index < -0.39 is 17.6 Å². The molecule has 96 valence electrons. The molecule has 0 bridgehead atoms. The topological polar surface area (TPSA) is 127 Å². The van der Waals surface area contributed by atoms with Crippen molar-refractivity contribution in [3.05, 3.63) is 28.3 Å². The van der Waals surface area contributed by atoms with Gasteiger partial charge in [-0.1, -0.05) is 0 Å². The third kappa shape index (κ3) is 2.05. The van der Waals surface area contributed by atoms with Crippen molar-refractivity contribution < 1.29 is 14.4 Å². The van der Waals surface area contributed by atoms with Crippen molar-refractivity contribution in [2.45, 2.75) is 12.5 Å². The van der Waals surface area contributed by atoms with Gasteiger partial charge in [-0.2, -0.15) is 5.16 Å². The van der Waals surface area contributed by atoms with Crippen molar-refractivity contribution in [3.63, 3.8) is 0 Å². The van der Waals surface area contributed by atoms with Gasteiger partial charge in [0.2, 0.25) is 5.76 Å². The van der Waals surface area contributed by atoms with Gasteiger partial charge in [-0.3, -0.25) is 9.59 Å². The minimum atomic E-state index is -1.18. The van der Waals surface area contributed by atoms with E-state index in [1.807, 2.05) is 0 Å². The zero-order valence-electron chi connectivity index (χ0n) is 9.58. The zero-order chi connectivity index (χ0) is 13.3. The molecule has 2 aromatic rings. The van der Waals surface area contributed by atoms with Gasteiger partial charge in [0.25, 0.3) is 5.56 Å². The normalized spacial score (nSPS) is 12.6. The SMILES string of the molecule is Cn1ccnc1-c1o[nH]c(=O)c1C[C@@H](N)C(=O)O. The molecule has 8 nitrogen and oxygen atoms in total. The molecule has 0 unspecified atom stereocenters. The monoisotopic (exact) mass is 252 g/mol. The van der Waals surface area contributed by atoms with Crippen LogP contribution in [-0.4, -0.2) is 31.8 Å². The molecule has 0 spiro atoms. The quantitative estimate of drug-likeness (QED) is 0.661. The molecular weight excluding hydrogens is 240 g/mol. The number of nitrogens with zero attached hydrogens (tertiary/aromatic N) is 2. The number of rotatable bonds is 4. The van der Waals surface area contributed by atoms with Crippen LogP contribution in [-0.2, 0) is 18.3 Å². The smallest absolute Gasteiger partial charge is 0.320 e. The largest absolute Gasteiger partial charge is 0.480 e. The van der Waals surface area contributed by atoms with Crippen LogP contribution in [0.3, 0.4) is 0 Å². The number of imidazole rings is 1. The van der Waals surface area contributed by atoms with Crippen LogP contribution in [0.15, 0.2) is 21.7 Å². The molecule has 0 aliphatic rings. The summed E-state index contributed by atoms with van der Waals surface area (Å²) in [6.45, 7) is 0. The average molecular weight is 252 g/mol. The molecule has 1 atom stereocenters. The number of carboxylic acid groups (broad SMARTS) is 1. The molecule has 18 heavy (non-hydrogen) atoms. The third-order valence-corrected chi connectivity index (χ3v) is 2.56. The minimum absolute atomic E-state index is 0.122. The van der Waals surface area contributed by atoms with Gasteiger partial charge < -0.3 is 19.9 Å². The van der Waals surface area contributed by atoms with E-state index in [1.54, 1.807) is 24.0 Å². The lowest BCUT2D eigenvalue weighted by molar-refractivity contribution is -0.138. The van der Waals surface area contributed by atoms with Crippen LogP contribution in [0.25, 0.3) is 11.6 Å². The van der Waals surface area contributed by atoms with Gasteiger partial charge in [0, 0.05) is 25.9 Å². The Morgan fingerprint density at radius 2 is 2.44 bits per heavy atom. The van der Waals surface area contributed by atoms with Crippen LogP contribution < -0.4 is 11.3 Å². The number of H-pyrrole nitrogens is 1. The van der Waals surface area contributed by atoms with Gasteiger partial charge in [0.05, 0.1) is 5.56 Å². The van der Waals surface area contributed by atoms with Gasteiger partial charge in [-0.25, -0.2) is 4.98 Å². The molecule has 2 aromatic heterocycles. The first-order valence-corrected chi connectivity index (χ1v) is 5.17. The Hall–Kier alpha value is -2.35. The number of hydrogen-bond donors (Lipinski definition) is 3. The minimum Gasteiger partial charge on any atom is -0.480 e. The highest BCUT2D eigenvalue weighted by molar-refractivity contribution is 5.74. The van der Waals surface area contributed by atoms with Gasteiger partial charge in [-0.05, 0) is 0 Å². The highest BCUT2D eigenvalue weighted by atomic mass is 16.5. The Labute approximate surface area is 101 Å². The van der Waals surface area contributed by atoms with Crippen LogP contribution in [0.4, 0.5) is 0 Å². The Kier molecular flexibility index (Phi) is 3.02. The van der Waals surface area contributed by atoms with E-state index in [0.717, 1.165) is 0 Å². The van der Waals surface area contributed by atoms with E-state index in [9.17, 15) is 9.59 Å². The van der Waals surface area contributed by atoms with Crippen LogP contribution in [0, 0.1) is 0 Å². The summed E-state index contributed by atoms with van der Waals surface area (Å²) < 4.78 is 6.69. The summed E-state index contributed by atoms with van der Waals surface area (Å²) in [6, 6.07) is -1.16. The molecule has 2 rings (SSSR count). The molecule has 4 N–H and O–H groups in total. The molecule has 0 saturated carbocycles. The lowest BCUT2D eigenvalue weighted by atomic mass is 10.1. The number of aryl methyl sites for hydroxylation is 1. The number of aromatic nitrogens is 3. The van der Waals surface area contributed by atoms with Gasteiger partial charge >= 0.3 is 5.97 Å². The molecular formula is C10H12N4O4. The molecule has 2 heterocycles. The highest BCUT2D eigenvalue weighted by Gasteiger charge is 2.23. The fraction of sp³-hybridized carbons (Fsp3) is 0.300. The summed E-state index contributed by atoms with van der Waals surface area (Å²) in [5.74, 6) is -0.536. The van der Waals surface area contributed by atoms with E-state index in [4.69, 9.17) is 15.4 Å². The fourth-order valence-electron chi connectivity index (χ4n) is 1.58. The van der Waals surface area contributed by atoms with E-state index in [-0.39, 0.29) is 17.7 Å². The second kappa shape index (κ2) is 4.49. The summed E-state index contributed by atoms with van der Waals surface area (Å²) in [6.07, 6.45) is 3.11. The molecule has 0 amide bonds. The molecule has 0 aromatic carbocycles. The lowest BCUT2D eigenvalue weighted by Gasteiger charge is -2.04. The van der Waals surface area contributed by atoms with Crippen LogP contribution >= 0.6 is 0 Å². The number of aromatic amines is 1. The first kappa shape index (κ1) is 12.1. The fourth-order valence-corrected chi connectivity index (χ4v) is 1.58. The molecule has 0 saturated heterocycles. The number of nitrogens with one attached hydrogen (secondary N) is 1. The van der Waals surface area contributed by atoms with Crippen LogP contribution in [0.2, 0.25) is 0 Å². The molecule has 0 fully saturated rings. The second-order valence-corrected chi connectivity index (χ2v) is 3.85. The first-order valence-electron chi connectivity index (χ1n) is 5.17. The maximum absolute atomic E-state index is 11.6. The third-order valence-electron chi connectivity index (χ3n) is 2.56. The van der Waals surface area contributed by atoms with Gasteiger partial charge in [0.1, 0.15) is 6.04 Å². The summed E-state index contributed by atoms with van der Waals surface area (Å²) >= 11 is 0. The molecule has 0 aliphatic heterocycles. The van der Waals surface area contributed by atoms with Gasteiger partial charge in [0.15, 0.2) is 5.82 Å². The average Bonchev–Trinajstić information content (AvgIpc) is 2.86. The summed E-state index contributed by atoms with van der Waals surface area (Å²) in [7, 11) is 1.73. The number of hydrogen-bond acceptors (Lipinski definition) is 5. The van der Waals surface area contributed by atoms with Gasteiger partial charge in [-0.15, -0.1) is 0 Å². The van der Waals surface area contributed by atoms with E-state index in [2.05, 4.69) is 10.1 Å². The Bertz CT molecular complexity index is 624. The van der Waals surface area contributed by atoms with E-state index in [0.29, 0.717) is 5.82 Å². The summed E-state index contributed by atoms with van der Waals surface area (Å²) in [5, 5.41) is 10.9. The standard InChI is InChI=1S/C10H12N4O4/c1-14-3-2-12-8(14)7-5(9(15)13-18-7)4-6(11)10(16)17/h2-3,6H,4,11H2,1H3,(H,13,15)(H,16,17)/t6-/m1/s1. The van der Waals surface area contributed by atoms with Crippen molar-refractivity contribution in [3.8, 4) is 11.6 Å². The first-order chi connectivity index (χ1) is 8.50.